The quantitative estimate of drug-likeness (QED) is 0.824. The van der Waals surface area contributed by atoms with Gasteiger partial charge in [-0.3, -0.25) is 0 Å². The van der Waals surface area contributed by atoms with Gasteiger partial charge in [0.2, 0.25) is 5.88 Å². The first-order valence-electron chi connectivity index (χ1n) is 6.40. The lowest BCUT2D eigenvalue weighted by Crippen LogP contribution is -2.22. The number of nitrogens with zero attached hydrogens (tertiary/aromatic N) is 1. The third-order valence-corrected chi connectivity index (χ3v) is 2.48. The molecule has 0 saturated carbocycles. The normalized spacial score (nSPS) is 11.2. The lowest BCUT2D eigenvalue weighted by Gasteiger charge is -2.13. The Labute approximate surface area is 105 Å². The van der Waals surface area contributed by atoms with Gasteiger partial charge in [0.1, 0.15) is 0 Å². The van der Waals surface area contributed by atoms with Gasteiger partial charge in [0.15, 0.2) is 0 Å². The predicted octanol–water partition coefficient (Wildman–Crippen LogP) is 3.10. The van der Waals surface area contributed by atoms with Gasteiger partial charge in [0.05, 0.1) is 6.61 Å². The highest BCUT2D eigenvalue weighted by Gasteiger charge is 2.07. The van der Waals surface area contributed by atoms with E-state index in [4.69, 9.17) is 4.74 Å². The van der Waals surface area contributed by atoms with Crippen LogP contribution in [0.15, 0.2) is 12.1 Å². The summed E-state index contributed by atoms with van der Waals surface area (Å²) in [7, 11) is 0. The van der Waals surface area contributed by atoms with Crippen LogP contribution in [-0.4, -0.2) is 17.6 Å². The minimum atomic E-state index is 0.424. The van der Waals surface area contributed by atoms with E-state index in [-0.39, 0.29) is 0 Å². The molecule has 0 aromatic carbocycles. The molecule has 0 bridgehead atoms. The van der Waals surface area contributed by atoms with Crippen LogP contribution in [0, 0.1) is 0 Å². The number of ether oxygens (including phenoxy) is 1. The second-order valence-corrected chi connectivity index (χ2v) is 4.86. The molecule has 0 radical (unpaired) electrons. The van der Waals surface area contributed by atoms with Crippen molar-refractivity contribution in [2.75, 3.05) is 6.61 Å². The van der Waals surface area contributed by atoms with E-state index in [1.807, 2.05) is 13.0 Å². The Kier molecular flexibility index (Phi) is 5.42. The zero-order valence-corrected chi connectivity index (χ0v) is 11.6. The predicted molar refractivity (Wildman–Crippen MR) is 71.5 cm³/mol. The van der Waals surface area contributed by atoms with Crippen molar-refractivity contribution in [1.29, 1.82) is 0 Å². The summed E-state index contributed by atoms with van der Waals surface area (Å²) in [5, 5.41) is 3.41. The van der Waals surface area contributed by atoms with Crippen molar-refractivity contribution in [3.8, 4) is 5.88 Å². The Balaban J connectivity index is 2.87. The first-order valence-corrected chi connectivity index (χ1v) is 6.40. The fraction of sp³-hybridized carbons (Fsp3) is 0.643. The maximum Gasteiger partial charge on any atom is 0.213 e. The van der Waals surface area contributed by atoms with Crippen molar-refractivity contribution in [2.24, 2.45) is 0 Å². The number of rotatable bonds is 6. The molecule has 3 heteroatoms. The maximum absolute atomic E-state index is 5.51. The highest BCUT2D eigenvalue weighted by molar-refractivity contribution is 5.26. The first-order chi connectivity index (χ1) is 8.02. The molecule has 0 fully saturated rings. The first kappa shape index (κ1) is 14.0. The minimum Gasteiger partial charge on any atom is -0.478 e. The van der Waals surface area contributed by atoms with Crippen LogP contribution in [0.5, 0.6) is 5.88 Å². The van der Waals surface area contributed by atoms with Gasteiger partial charge in [-0.1, -0.05) is 27.7 Å². The number of pyridine rings is 1. The van der Waals surface area contributed by atoms with Crippen molar-refractivity contribution in [3.05, 3.63) is 23.4 Å². The van der Waals surface area contributed by atoms with Gasteiger partial charge in [0, 0.05) is 24.3 Å². The van der Waals surface area contributed by atoms with Crippen LogP contribution >= 0.6 is 0 Å². The van der Waals surface area contributed by atoms with E-state index in [0.29, 0.717) is 18.6 Å². The van der Waals surface area contributed by atoms with E-state index in [9.17, 15) is 0 Å². The van der Waals surface area contributed by atoms with E-state index in [0.717, 1.165) is 18.1 Å². The van der Waals surface area contributed by atoms with E-state index >= 15 is 0 Å². The molecular weight excluding hydrogens is 212 g/mol. The summed E-state index contributed by atoms with van der Waals surface area (Å²) in [6.07, 6.45) is 0. The lowest BCUT2D eigenvalue weighted by atomic mass is 10.1. The van der Waals surface area contributed by atoms with Crippen molar-refractivity contribution >= 4 is 0 Å². The van der Waals surface area contributed by atoms with E-state index in [2.05, 4.69) is 44.1 Å². The molecule has 1 aromatic rings. The molecule has 3 nitrogen and oxygen atoms in total. The van der Waals surface area contributed by atoms with Crippen molar-refractivity contribution in [1.82, 2.24) is 10.3 Å². The van der Waals surface area contributed by atoms with Crippen molar-refractivity contribution in [3.63, 3.8) is 0 Å². The average molecular weight is 236 g/mol. The fourth-order valence-corrected chi connectivity index (χ4v) is 1.52. The highest BCUT2D eigenvalue weighted by Crippen LogP contribution is 2.19. The molecule has 0 unspecified atom stereocenters. The van der Waals surface area contributed by atoms with Crippen molar-refractivity contribution < 1.29 is 4.74 Å². The molecule has 0 spiro atoms. The molecule has 0 amide bonds. The SMILES string of the molecule is CCOc1cc(CNC(C)C)cc(C(C)C)n1. The summed E-state index contributed by atoms with van der Waals surface area (Å²) in [4.78, 5) is 4.50. The maximum atomic E-state index is 5.51. The number of hydrogen-bond acceptors (Lipinski definition) is 3. The summed E-state index contributed by atoms with van der Waals surface area (Å²) in [6.45, 7) is 12.1. The molecule has 0 atom stereocenters. The molecule has 1 rings (SSSR count). The zero-order valence-electron chi connectivity index (χ0n) is 11.6. The summed E-state index contributed by atoms with van der Waals surface area (Å²) >= 11 is 0. The Hall–Kier alpha value is -1.09. The van der Waals surface area contributed by atoms with Crippen molar-refractivity contribution in [2.45, 2.75) is 53.1 Å². The summed E-state index contributed by atoms with van der Waals surface area (Å²) < 4.78 is 5.51. The zero-order chi connectivity index (χ0) is 12.8. The third kappa shape index (κ3) is 4.73. The highest BCUT2D eigenvalue weighted by atomic mass is 16.5. The Morgan fingerprint density at radius 1 is 1.24 bits per heavy atom. The van der Waals surface area contributed by atoms with Crippen LogP contribution in [0.1, 0.15) is 51.8 Å². The second kappa shape index (κ2) is 6.60. The van der Waals surface area contributed by atoms with Crippen LogP contribution in [0.3, 0.4) is 0 Å². The number of nitrogens with one attached hydrogen (secondary N) is 1. The average Bonchev–Trinajstić information content (AvgIpc) is 2.26. The molecule has 96 valence electrons. The van der Waals surface area contributed by atoms with Crippen LogP contribution in [0.2, 0.25) is 0 Å². The topological polar surface area (TPSA) is 34.1 Å². The van der Waals surface area contributed by atoms with Crippen LogP contribution in [0.4, 0.5) is 0 Å². The van der Waals surface area contributed by atoms with Gasteiger partial charge < -0.3 is 10.1 Å². The summed E-state index contributed by atoms with van der Waals surface area (Å²) in [5.41, 5.74) is 2.33. The van der Waals surface area contributed by atoms with Gasteiger partial charge in [-0.15, -0.1) is 0 Å². The fourth-order valence-electron chi connectivity index (χ4n) is 1.52. The molecule has 17 heavy (non-hydrogen) atoms. The molecule has 1 heterocycles. The second-order valence-electron chi connectivity index (χ2n) is 4.86. The molecule has 0 aliphatic carbocycles. The van der Waals surface area contributed by atoms with Gasteiger partial charge in [-0.25, -0.2) is 4.98 Å². The standard InChI is InChI=1S/C14H24N2O/c1-6-17-14-8-12(9-15-11(4)5)7-13(16-14)10(2)3/h7-8,10-11,15H,6,9H2,1-5H3. The van der Waals surface area contributed by atoms with Gasteiger partial charge >= 0.3 is 0 Å². The van der Waals surface area contributed by atoms with Gasteiger partial charge in [-0.05, 0) is 24.5 Å². The number of hydrogen-bond donors (Lipinski definition) is 1. The summed E-state index contributed by atoms with van der Waals surface area (Å²) in [6, 6.07) is 4.66. The number of aromatic nitrogens is 1. The smallest absolute Gasteiger partial charge is 0.213 e. The summed E-state index contributed by atoms with van der Waals surface area (Å²) in [5.74, 6) is 1.16. The molecule has 1 aromatic heterocycles. The minimum absolute atomic E-state index is 0.424. The molecule has 0 aliphatic heterocycles. The monoisotopic (exact) mass is 236 g/mol. The van der Waals surface area contributed by atoms with E-state index in [1.54, 1.807) is 0 Å². The molecule has 1 N–H and O–H groups in total. The van der Waals surface area contributed by atoms with E-state index < -0.39 is 0 Å². The molecular formula is C14H24N2O. The van der Waals surface area contributed by atoms with Gasteiger partial charge in [-0.2, -0.15) is 0 Å². The Morgan fingerprint density at radius 3 is 2.47 bits per heavy atom. The van der Waals surface area contributed by atoms with Crippen LogP contribution < -0.4 is 10.1 Å². The molecule has 0 saturated heterocycles. The molecule has 0 aliphatic rings. The van der Waals surface area contributed by atoms with Crippen LogP contribution in [-0.2, 0) is 6.54 Å². The third-order valence-electron chi connectivity index (χ3n) is 2.48. The largest absolute Gasteiger partial charge is 0.478 e. The van der Waals surface area contributed by atoms with E-state index in [1.165, 1.54) is 5.56 Å². The van der Waals surface area contributed by atoms with Gasteiger partial charge in [0.25, 0.3) is 0 Å². The Bertz CT molecular complexity index is 348. The van der Waals surface area contributed by atoms with Crippen LogP contribution in [0.25, 0.3) is 0 Å². The lowest BCUT2D eigenvalue weighted by molar-refractivity contribution is 0.324. The Morgan fingerprint density at radius 2 is 1.94 bits per heavy atom.